The summed E-state index contributed by atoms with van der Waals surface area (Å²) in [5.74, 6) is -1.11. The van der Waals surface area contributed by atoms with Crippen LogP contribution in [0.5, 0.6) is 0 Å². The minimum atomic E-state index is -0.811. The molecule has 0 bridgehead atoms. The lowest BCUT2D eigenvalue weighted by Crippen LogP contribution is -2.40. The molecule has 6 nitrogen and oxygen atoms in total. The molecule has 21 heavy (non-hydrogen) atoms. The van der Waals surface area contributed by atoms with Gasteiger partial charge in [-0.2, -0.15) is 0 Å². The third kappa shape index (κ3) is 4.29. The number of hydrogen-bond donors (Lipinski definition) is 1. The molecule has 0 spiro atoms. The highest BCUT2D eigenvalue weighted by molar-refractivity contribution is 7.12. The van der Waals surface area contributed by atoms with Crippen molar-refractivity contribution in [3.8, 4) is 0 Å². The molecule has 1 aromatic rings. The van der Waals surface area contributed by atoms with Crippen LogP contribution in [-0.4, -0.2) is 48.4 Å². The van der Waals surface area contributed by atoms with Crippen LogP contribution in [0, 0.1) is 0 Å². The Labute approximate surface area is 127 Å². The van der Waals surface area contributed by atoms with Gasteiger partial charge in [0.1, 0.15) is 6.54 Å². The molecule has 1 aliphatic rings. The maximum atomic E-state index is 12.0. The normalized spacial score (nSPS) is 15.6. The standard InChI is InChI=1S/C14H18N2O4S/c1-10(14(19)16-6-2-3-7-16)20-12(17)9-15-13(18)11-5-4-8-21-11/h4-5,8,10H,2-3,6-7,9H2,1H3,(H,15,18)/t10-/m1/s1. The number of carbonyl (C=O) groups excluding carboxylic acids is 3. The van der Waals surface area contributed by atoms with Crippen molar-refractivity contribution in [1.82, 2.24) is 10.2 Å². The van der Waals surface area contributed by atoms with Crippen molar-refractivity contribution in [3.05, 3.63) is 22.4 Å². The van der Waals surface area contributed by atoms with E-state index in [1.54, 1.807) is 29.3 Å². The molecule has 1 saturated heterocycles. The second-order valence-corrected chi connectivity index (χ2v) is 5.77. The highest BCUT2D eigenvalue weighted by Crippen LogP contribution is 2.10. The van der Waals surface area contributed by atoms with Gasteiger partial charge in [0, 0.05) is 13.1 Å². The van der Waals surface area contributed by atoms with Gasteiger partial charge in [0.2, 0.25) is 0 Å². The first kappa shape index (κ1) is 15.5. The zero-order valence-corrected chi connectivity index (χ0v) is 12.6. The van der Waals surface area contributed by atoms with Crippen LogP contribution in [0.1, 0.15) is 29.4 Å². The Balaban J connectivity index is 1.73. The van der Waals surface area contributed by atoms with Crippen molar-refractivity contribution < 1.29 is 19.1 Å². The van der Waals surface area contributed by atoms with Gasteiger partial charge >= 0.3 is 5.97 Å². The third-order valence-corrected chi connectivity index (χ3v) is 4.08. The zero-order chi connectivity index (χ0) is 15.2. The average Bonchev–Trinajstić information content (AvgIpc) is 3.15. The molecule has 0 radical (unpaired) electrons. The fourth-order valence-corrected chi connectivity index (χ4v) is 2.77. The molecule has 7 heteroatoms. The van der Waals surface area contributed by atoms with E-state index < -0.39 is 12.1 Å². The van der Waals surface area contributed by atoms with E-state index in [4.69, 9.17) is 4.74 Å². The number of thiophene rings is 1. The predicted octanol–water partition coefficient (Wildman–Crippen LogP) is 1.03. The smallest absolute Gasteiger partial charge is 0.326 e. The summed E-state index contributed by atoms with van der Waals surface area (Å²) in [5, 5.41) is 4.25. The molecule has 0 aromatic carbocycles. The van der Waals surface area contributed by atoms with Gasteiger partial charge in [0.05, 0.1) is 4.88 Å². The number of amides is 2. The summed E-state index contributed by atoms with van der Waals surface area (Å²) in [6.45, 7) is 2.75. The third-order valence-electron chi connectivity index (χ3n) is 3.21. The fourth-order valence-electron chi connectivity index (χ4n) is 2.13. The molecular formula is C14H18N2O4S. The van der Waals surface area contributed by atoms with E-state index in [1.165, 1.54) is 11.3 Å². The van der Waals surface area contributed by atoms with Crippen LogP contribution in [0.4, 0.5) is 0 Å². The first-order valence-corrected chi connectivity index (χ1v) is 7.76. The average molecular weight is 310 g/mol. The molecule has 0 saturated carbocycles. The lowest BCUT2D eigenvalue weighted by atomic mass is 10.3. The van der Waals surface area contributed by atoms with Crippen LogP contribution >= 0.6 is 11.3 Å². The number of ether oxygens (including phenoxy) is 1. The van der Waals surface area contributed by atoms with Gasteiger partial charge in [-0.05, 0) is 31.2 Å². The summed E-state index contributed by atoms with van der Waals surface area (Å²) in [4.78, 5) is 37.5. The zero-order valence-electron chi connectivity index (χ0n) is 11.8. The van der Waals surface area contributed by atoms with Gasteiger partial charge in [-0.3, -0.25) is 14.4 Å². The Bertz CT molecular complexity index is 509. The Morgan fingerprint density at radius 3 is 2.71 bits per heavy atom. The minimum absolute atomic E-state index is 0.176. The van der Waals surface area contributed by atoms with Gasteiger partial charge in [-0.25, -0.2) is 0 Å². The molecule has 0 aliphatic carbocycles. The molecule has 1 aliphatic heterocycles. The summed E-state index contributed by atoms with van der Waals surface area (Å²) < 4.78 is 5.05. The molecule has 1 fully saturated rings. The van der Waals surface area contributed by atoms with E-state index in [0.29, 0.717) is 4.88 Å². The Kier molecular flexibility index (Phi) is 5.32. The molecule has 2 rings (SSSR count). The van der Waals surface area contributed by atoms with E-state index in [1.807, 2.05) is 0 Å². The first-order chi connectivity index (χ1) is 10.1. The number of nitrogens with one attached hydrogen (secondary N) is 1. The summed E-state index contributed by atoms with van der Waals surface area (Å²) in [5.41, 5.74) is 0. The van der Waals surface area contributed by atoms with Gasteiger partial charge in [-0.1, -0.05) is 6.07 Å². The SMILES string of the molecule is C[C@@H](OC(=O)CNC(=O)c1cccs1)C(=O)N1CCCC1. The molecule has 1 atom stereocenters. The monoisotopic (exact) mass is 310 g/mol. The number of rotatable bonds is 5. The van der Waals surface area contributed by atoms with Crippen molar-refractivity contribution in [2.45, 2.75) is 25.9 Å². The van der Waals surface area contributed by atoms with E-state index >= 15 is 0 Å². The maximum Gasteiger partial charge on any atom is 0.326 e. The largest absolute Gasteiger partial charge is 0.451 e. The van der Waals surface area contributed by atoms with E-state index in [-0.39, 0.29) is 18.4 Å². The number of carbonyl (C=O) groups is 3. The van der Waals surface area contributed by atoms with E-state index in [0.717, 1.165) is 25.9 Å². The quantitative estimate of drug-likeness (QED) is 0.824. The number of esters is 1. The molecule has 1 aromatic heterocycles. The van der Waals surface area contributed by atoms with Crippen LogP contribution in [0.25, 0.3) is 0 Å². The number of hydrogen-bond acceptors (Lipinski definition) is 5. The Hall–Kier alpha value is -1.89. The maximum absolute atomic E-state index is 12.0. The van der Waals surface area contributed by atoms with E-state index in [9.17, 15) is 14.4 Å². The van der Waals surface area contributed by atoms with Crippen LogP contribution in [0.15, 0.2) is 17.5 Å². The van der Waals surface area contributed by atoms with E-state index in [2.05, 4.69) is 5.32 Å². The summed E-state index contributed by atoms with van der Waals surface area (Å²) in [7, 11) is 0. The highest BCUT2D eigenvalue weighted by atomic mass is 32.1. The minimum Gasteiger partial charge on any atom is -0.451 e. The van der Waals surface area contributed by atoms with Crippen molar-refractivity contribution in [3.63, 3.8) is 0 Å². The predicted molar refractivity (Wildman–Crippen MR) is 78.0 cm³/mol. The highest BCUT2D eigenvalue weighted by Gasteiger charge is 2.25. The second kappa shape index (κ2) is 7.21. The van der Waals surface area contributed by atoms with Crippen LogP contribution < -0.4 is 5.32 Å². The van der Waals surface area contributed by atoms with Crippen molar-refractivity contribution in [1.29, 1.82) is 0 Å². The topological polar surface area (TPSA) is 75.7 Å². The van der Waals surface area contributed by atoms with Crippen LogP contribution in [0.3, 0.4) is 0 Å². The van der Waals surface area contributed by atoms with Gasteiger partial charge in [-0.15, -0.1) is 11.3 Å². The van der Waals surface area contributed by atoms with Crippen molar-refractivity contribution >= 4 is 29.1 Å². The number of nitrogens with zero attached hydrogens (tertiary/aromatic N) is 1. The van der Waals surface area contributed by atoms with Crippen LogP contribution in [0.2, 0.25) is 0 Å². The first-order valence-electron chi connectivity index (χ1n) is 6.88. The Morgan fingerprint density at radius 2 is 2.10 bits per heavy atom. The summed E-state index contributed by atoms with van der Waals surface area (Å²) in [6.07, 6.45) is 1.17. The van der Waals surface area contributed by atoms with Crippen LogP contribution in [-0.2, 0) is 14.3 Å². The number of likely N-dealkylation sites (tertiary alicyclic amines) is 1. The lowest BCUT2D eigenvalue weighted by molar-refractivity contribution is -0.157. The summed E-state index contributed by atoms with van der Waals surface area (Å²) >= 11 is 1.29. The Morgan fingerprint density at radius 1 is 1.38 bits per heavy atom. The molecule has 2 heterocycles. The molecular weight excluding hydrogens is 292 g/mol. The molecule has 114 valence electrons. The van der Waals surface area contributed by atoms with Gasteiger partial charge < -0.3 is 15.0 Å². The van der Waals surface area contributed by atoms with Crippen molar-refractivity contribution in [2.24, 2.45) is 0 Å². The lowest BCUT2D eigenvalue weighted by Gasteiger charge is -2.20. The van der Waals surface area contributed by atoms with Gasteiger partial charge in [0.25, 0.3) is 11.8 Å². The fraction of sp³-hybridized carbons (Fsp3) is 0.500. The van der Waals surface area contributed by atoms with Gasteiger partial charge in [0.15, 0.2) is 6.10 Å². The molecule has 1 N–H and O–H groups in total. The molecule has 0 unspecified atom stereocenters. The second-order valence-electron chi connectivity index (χ2n) is 4.82. The summed E-state index contributed by atoms with van der Waals surface area (Å²) in [6, 6.07) is 3.43. The molecule has 2 amide bonds. The van der Waals surface area contributed by atoms with Crippen molar-refractivity contribution in [2.75, 3.05) is 19.6 Å².